The van der Waals surface area contributed by atoms with Gasteiger partial charge in [0.25, 0.3) is 0 Å². The van der Waals surface area contributed by atoms with Crippen molar-refractivity contribution in [3.8, 4) is 0 Å². The van der Waals surface area contributed by atoms with Crippen LogP contribution >= 0.6 is 0 Å². The Hall–Kier alpha value is -1.91. The van der Waals surface area contributed by atoms with Gasteiger partial charge in [0.05, 0.1) is 0 Å². The molecule has 0 bridgehead atoms. The Balaban J connectivity index is 2.15. The van der Waals surface area contributed by atoms with Gasteiger partial charge in [-0.25, -0.2) is 9.78 Å². The Morgan fingerprint density at radius 3 is 2.26 bits per heavy atom. The van der Waals surface area contributed by atoms with E-state index in [1.54, 1.807) is 6.07 Å². The third kappa shape index (κ3) is 8.33. The van der Waals surface area contributed by atoms with E-state index in [2.05, 4.69) is 17.2 Å². The summed E-state index contributed by atoms with van der Waals surface area (Å²) in [6, 6.07) is 2.98. The summed E-state index contributed by atoms with van der Waals surface area (Å²) in [6.45, 7) is 2.22. The number of amides is 1. The molecule has 0 radical (unpaired) electrons. The van der Waals surface area contributed by atoms with Crippen molar-refractivity contribution < 1.29 is 14.7 Å². The summed E-state index contributed by atoms with van der Waals surface area (Å²) in [4.78, 5) is 26.8. The molecule has 0 fully saturated rings. The number of nitrogens with one attached hydrogen (secondary N) is 1. The van der Waals surface area contributed by atoms with Gasteiger partial charge in [0.15, 0.2) is 0 Å². The first kappa shape index (κ1) is 19.1. The first-order valence-corrected chi connectivity index (χ1v) is 8.63. The molecule has 23 heavy (non-hydrogen) atoms. The van der Waals surface area contributed by atoms with Gasteiger partial charge in [0.2, 0.25) is 5.91 Å². The number of carboxylic acid groups (broad SMARTS) is 1. The van der Waals surface area contributed by atoms with Crippen LogP contribution in [0, 0.1) is 0 Å². The summed E-state index contributed by atoms with van der Waals surface area (Å²) < 4.78 is 0. The van der Waals surface area contributed by atoms with E-state index < -0.39 is 5.97 Å². The number of hydrogen-bond donors (Lipinski definition) is 2. The maximum Gasteiger partial charge on any atom is 0.339 e. The molecule has 0 aromatic carbocycles. The summed E-state index contributed by atoms with van der Waals surface area (Å²) in [5, 5.41) is 11.6. The Bertz CT molecular complexity index is 489. The van der Waals surface area contributed by atoms with E-state index in [1.807, 2.05) is 0 Å². The summed E-state index contributed by atoms with van der Waals surface area (Å²) in [5.41, 5.74) is 0.0212. The second-order valence-electron chi connectivity index (χ2n) is 5.83. The zero-order valence-corrected chi connectivity index (χ0v) is 14.0. The summed E-state index contributed by atoms with van der Waals surface area (Å²) in [7, 11) is 0. The highest BCUT2D eigenvalue weighted by atomic mass is 16.4. The van der Waals surface area contributed by atoms with Gasteiger partial charge in [0.1, 0.15) is 11.4 Å². The van der Waals surface area contributed by atoms with Crippen molar-refractivity contribution in [2.45, 2.75) is 71.1 Å². The third-order valence-electron chi connectivity index (χ3n) is 3.80. The van der Waals surface area contributed by atoms with Crippen molar-refractivity contribution in [1.29, 1.82) is 0 Å². The summed E-state index contributed by atoms with van der Waals surface area (Å²) in [6.07, 6.45) is 12.7. The number of carbonyl (C=O) groups is 2. The SMILES string of the molecule is CCCCCCCCCCCC(=O)Nc1ncccc1C(=O)O. The van der Waals surface area contributed by atoms with E-state index in [1.165, 1.54) is 50.8 Å². The Labute approximate surface area is 138 Å². The van der Waals surface area contributed by atoms with Crippen molar-refractivity contribution in [3.63, 3.8) is 0 Å². The average molecular weight is 320 g/mol. The number of carbonyl (C=O) groups excluding carboxylic acids is 1. The molecule has 0 aliphatic rings. The number of unbranched alkanes of at least 4 members (excludes halogenated alkanes) is 8. The van der Waals surface area contributed by atoms with Gasteiger partial charge >= 0.3 is 5.97 Å². The fourth-order valence-corrected chi connectivity index (χ4v) is 2.47. The first-order chi connectivity index (χ1) is 11.1. The molecule has 0 unspecified atom stereocenters. The average Bonchev–Trinajstić information content (AvgIpc) is 2.53. The van der Waals surface area contributed by atoms with Gasteiger partial charge in [0, 0.05) is 12.6 Å². The van der Waals surface area contributed by atoms with Gasteiger partial charge < -0.3 is 10.4 Å². The van der Waals surface area contributed by atoms with Crippen molar-refractivity contribution >= 4 is 17.7 Å². The predicted molar refractivity (Wildman–Crippen MR) is 91.7 cm³/mol. The zero-order chi connectivity index (χ0) is 16.9. The monoisotopic (exact) mass is 320 g/mol. The molecule has 0 saturated heterocycles. The van der Waals surface area contributed by atoms with Crippen molar-refractivity contribution in [2.75, 3.05) is 5.32 Å². The van der Waals surface area contributed by atoms with E-state index >= 15 is 0 Å². The van der Waals surface area contributed by atoms with Gasteiger partial charge in [-0.05, 0) is 18.6 Å². The number of rotatable bonds is 12. The lowest BCUT2D eigenvalue weighted by atomic mass is 10.1. The van der Waals surface area contributed by atoms with Crippen LogP contribution in [0.2, 0.25) is 0 Å². The summed E-state index contributed by atoms with van der Waals surface area (Å²) >= 11 is 0. The van der Waals surface area contributed by atoms with E-state index in [9.17, 15) is 9.59 Å². The number of carboxylic acids is 1. The van der Waals surface area contributed by atoms with Gasteiger partial charge in [-0.15, -0.1) is 0 Å². The van der Waals surface area contributed by atoms with E-state index in [-0.39, 0.29) is 17.3 Å². The Morgan fingerprint density at radius 2 is 1.65 bits per heavy atom. The summed E-state index contributed by atoms with van der Waals surface area (Å²) in [5.74, 6) is -1.13. The molecule has 1 rings (SSSR count). The van der Waals surface area contributed by atoms with Crippen molar-refractivity contribution in [3.05, 3.63) is 23.9 Å². The molecule has 5 heteroatoms. The maximum atomic E-state index is 11.9. The van der Waals surface area contributed by atoms with E-state index in [4.69, 9.17) is 5.11 Å². The normalized spacial score (nSPS) is 10.5. The van der Waals surface area contributed by atoms with Gasteiger partial charge in [-0.3, -0.25) is 4.79 Å². The number of aromatic carboxylic acids is 1. The predicted octanol–water partition coefficient (Wildman–Crippen LogP) is 4.64. The minimum absolute atomic E-state index is 0.0212. The highest BCUT2D eigenvalue weighted by molar-refractivity contribution is 5.99. The number of anilines is 1. The number of hydrogen-bond acceptors (Lipinski definition) is 3. The lowest BCUT2D eigenvalue weighted by Crippen LogP contribution is -2.15. The molecule has 1 amide bonds. The number of aromatic nitrogens is 1. The lowest BCUT2D eigenvalue weighted by molar-refractivity contribution is -0.116. The topological polar surface area (TPSA) is 79.3 Å². The second kappa shape index (κ2) is 11.6. The quantitative estimate of drug-likeness (QED) is 0.550. The molecule has 5 nitrogen and oxygen atoms in total. The van der Waals surface area contributed by atoms with Crippen LogP contribution in [0.4, 0.5) is 5.82 Å². The number of nitrogens with zero attached hydrogens (tertiary/aromatic N) is 1. The minimum atomic E-state index is -1.09. The molecule has 0 saturated carbocycles. The molecule has 1 aromatic heterocycles. The van der Waals surface area contributed by atoms with Crippen LogP contribution in [0.1, 0.15) is 81.5 Å². The molecule has 1 heterocycles. The molecule has 0 aliphatic carbocycles. The smallest absolute Gasteiger partial charge is 0.339 e. The fourth-order valence-electron chi connectivity index (χ4n) is 2.47. The van der Waals surface area contributed by atoms with Crippen molar-refractivity contribution in [2.24, 2.45) is 0 Å². The molecule has 0 spiro atoms. The van der Waals surface area contributed by atoms with Crippen LogP contribution in [0.25, 0.3) is 0 Å². The van der Waals surface area contributed by atoms with Crippen LogP contribution < -0.4 is 5.32 Å². The van der Waals surface area contributed by atoms with Crippen molar-refractivity contribution in [1.82, 2.24) is 4.98 Å². The fraction of sp³-hybridized carbons (Fsp3) is 0.611. The lowest BCUT2D eigenvalue weighted by Gasteiger charge is -2.07. The highest BCUT2D eigenvalue weighted by Gasteiger charge is 2.12. The zero-order valence-electron chi connectivity index (χ0n) is 14.0. The minimum Gasteiger partial charge on any atom is -0.478 e. The highest BCUT2D eigenvalue weighted by Crippen LogP contribution is 2.13. The number of pyridine rings is 1. The molecule has 2 N–H and O–H groups in total. The second-order valence-corrected chi connectivity index (χ2v) is 5.83. The third-order valence-corrected chi connectivity index (χ3v) is 3.80. The molecular formula is C18H28N2O3. The van der Waals surface area contributed by atoms with E-state index in [0.29, 0.717) is 6.42 Å². The Kier molecular flexibility index (Phi) is 9.68. The van der Waals surface area contributed by atoms with E-state index in [0.717, 1.165) is 19.3 Å². The first-order valence-electron chi connectivity index (χ1n) is 8.63. The van der Waals surface area contributed by atoms with Crippen LogP contribution in [0.15, 0.2) is 18.3 Å². The van der Waals surface area contributed by atoms with Crippen LogP contribution in [-0.2, 0) is 4.79 Å². The largest absolute Gasteiger partial charge is 0.478 e. The van der Waals surface area contributed by atoms with Crippen LogP contribution in [0.5, 0.6) is 0 Å². The van der Waals surface area contributed by atoms with Crippen LogP contribution in [-0.4, -0.2) is 22.0 Å². The molecule has 128 valence electrons. The Morgan fingerprint density at radius 1 is 1.04 bits per heavy atom. The van der Waals surface area contributed by atoms with Crippen LogP contribution in [0.3, 0.4) is 0 Å². The molecule has 0 aliphatic heterocycles. The molecule has 0 atom stereocenters. The maximum absolute atomic E-state index is 11.9. The van der Waals surface area contributed by atoms with Gasteiger partial charge in [-0.2, -0.15) is 0 Å². The van der Waals surface area contributed by atoms with Gasteiger partial charge in [-0.1, -0.05) is 58.3 Å². The molecule has 1 aromatic rings. The molecular weight excluding hydrogens is 292 g/mol. The standard InChI is InChI=1S/C18H28N2O3/c1-2-3-4-5-6-7-8-9-10-13-16(21)20-17-15(18(22)23)12-11-14-19-17/h11-12,14H,2-10,13H2,1H3,(H,22,23)(H,19,20,21).